The van der Waals surface area contributed by atoms with Gasteiger partial charge >= 0.3 is 5.97 Å². The zero-order valence-electron chi connectivity index (χ0n) is 18.5. The molecular weight excluding hydrogens is 364 g/mol. The van der Waals surface area contributed by atoms with Crippen LogP contribution in [0.4, 0.5) is 0 Å². The van der Waals surface area contributed by atoms with Gasteiger partial charge in [0.1, 0.15) is 11.9 Å². The number of hydrogen-bond acceptors (Lipinski definition) is 4. The summed E-state index contributed by atoms with van der Waals surface area (Å²) in [5, 5.41) is 11.2. The third-order valence-corrected chi connectivity index (χ3v) is 9.43. The Labute approximate surface area is 174 Å². The van der Waals surface area contributed by atoms with Crippen molar-refractivity contribution in [3.8, 4) is 0 Å². The van der Waals surface area contributed by atoms with E-state index < -0.39 is 11.5 Å². The standard InChI is InChI=1S/C25H36O4/c1-23(2,3)22(28)29-14-6-8-24(4)13(10-14)11-18(26)19-17(24)7-9-25(5)20(19)15-12-16(15)21(25)27/h11,14-20,26H,6-10,12H2,1-5H3/t14-,15+,16-,17-,18-,19-,20?,24-,25-/m0/s1. The van der Waals surface area contributed by atoms with Gasteiger partial charge in [0, 0.05) is 17.8 Å². The van der Waals surface area contributed by atoms with Crippen molar-refractivity contribution in [3.05, 3.63) is 11.6 Å². The van der Waals surface area contributed by atoms with Crippen molar-refractivity contribution in [2.45, 2.75) is 85.4 Å². The number of Topliss-reactive ketones (excluding diaryl/α,β-unsaturated/α-hetero) is 1. The summed E-state index contributed by atoms with van der Waals surface area (Å²) in [4.78, 5) is 25.3. The van der Waals surface area contributed by atoms with Crippen molar-refractivity contribution in [3.63, 3.8) is 0 Å². The molecule has 0 aromatic carbocycles. The van der Waals surface area contributed by atoms with Crippen molar-refractivity contribution in [2.75, 3.05) is 0 Å². The molecule has 0 aromatic heterocycles. The van der Waals surface area contributed by atoms with Gasteiger partial charge in [-0.3, -0.25) is 9.59 Å². The van der Waals surface area contributed by atoms with Crippen molar-refractivity contribution in [1.29, 1.82) is 0 Å². The predicted octanol–water partition coefficient (Wildman–Crippen LogP) is 4.30. The van der Waals surface area contributed by atoms with Crippen molar-refractivity contribution < 1.29 is 19.4 Å². The zero-order valence-corrected chi connectivity index (χ0v) is 18.5. The Balaban J connectivity index is 1.42. The first kappa shape index (κ1) is 19.8. The van der Waals surface area contributed by atoms with Gasteiger partial charge in [-0.25, -0.2) is 0 Å². The number of aliphatic hydroxyl groups excluding tert-OH is 1. The molecule has 5 aliphatic rings. The van der Waals surface area contributed by atoms with E-state index in [1.807, 2.05) is 20.8 Å². The molecule has 0 amide bonds. The number of carbonyl (C=O) groups is 2. The molecule has 4 heteroatoms. The van der Waals surface area contributed by atoms with Gasteiger partial charge in [0.05, 0.1) is 11.5 Å². The molecular formula is C25H36O4. The Hall–Kier alpha value is -1.16. The molecule has 9 atom stereocenters. The van der Waals surface area contributed by atoms with E-state index in [0.29, 0.717) is 23.5 Å². The van der Waals surface area contributed by atoms with Crippen molar-refractivity contribution in [1.82, 2.24) is 0 Å². The predicted molar refractivity (Wildman–Crippen MR) is 110 cm³/mol. The van der Waals surface area contributed by atoms with E-state index in [-0.39, 0.29) is 34.7 Å². The lowest BCUT2D eigenvalue weighted by atomic mass is 9.46. The van der Waals surface area contributed by atoms with Crippen LogP contribution in [0.25, 0.3) is 0 Å². The zero-order chi connectivity index (χ0) is 20.9. The van der Waals surface area contributed by atoms with E-state index >= 15 is 0 Å². The monoisotopic (exact) mass is 400 g/mol. The van der Waals surface area contributed by atoms with E-state index in [4.69, 9.17) is 4.74 Å². The third-order valence-electron chi connectivity index (χ3n) is 9.43. The second kappa shape index (κ2) is 5.96. The second-order valence-electron chi connectivity index (χ2n) is 12.2. The van der Waals surface area contributed by atoms with E-state index in [0.717, 1.165) is 38.5 Å². The largest absolute Gasteiger partial charge is 0.462 e. The van der Waals surface area contributed by atoms with Gasteiger partial charge in [0.2, 0.25) is 0 Å². The van der Waals surface area contributed by atoms with Crippen LogP contribution in [0.15, 0.2) is 11.6 Å². The normalized spacial score (nSPS) is 50.6. The Morgan fingerprint density at radius 2 is 1.86 bits per heavy atom. The maximum Gasteiger partial charge on any atom is 0.311 e. The van der Waals surface area contributed by atoms with Crippen LogP contribution in [-0.2, 0) is 14.3 Å². The van der Waals surface area contributed by atoms with E-state index in [2.05, 4.69) is 19.9 Å². The fourth-order valence-corrected chi connectivity index (χ4v) is 7.69. The third kappa shape index (κ3) is 2.66. The summed E-state index contributed by atoms with van der Waals surface area (Å²) in [5.74, 6) is 2.12. The van der Waals surface area contributed by atoms with Gasteiger partial charge in [-0.05, 0) is 82.0 Å². The van der Waals surface area contributed by atoms with Gasteiger partial charge < -0.3 is 9.84 Å². The fraction of sp³-hybridized carbons (Fsp3) is 0.840. The van der Waals surface area contributed by atoms with E-state index in [9.17, 15) is 14.7 Å². The van der Waals surface area contributed by atoms with Gasteiger partial charge in [0.25, 0.3) is 0 Å². The van der Waals surface area contributed by atoms with Crippen LogP contribution in [0, 0.1) is 45.8 Å². The lowest BCUT2D eigenvalue weighted by molar-refractivity contribution is -0.161. The highest BCUT2D eigenvalue weighted by atomic mass is 16.5. The van der Waals surface area contributed by atoms with E-state index in [1.165, 1.54) is 5.57 Å². The summed E-state index contributed by atoms with van der Waals surface area (Å²) >= 11 is 0. The molecule has 0 radical (unpaired) electrons. The number of ketones is 1. The summed E-state index contributed by atoms with van der Waals surface area (Å²) in [6.07, 6.45) is 7.21. The van der Waals surface area contributed by atoms with Crippen LogP contribution in [0.1, 0.15) is 73.1 Å². The first-order valence-electron chi connectivity index (χ1n) is 11.6. The molecule has 0 saturated heterocycles. The molecule has 5 rings (SSSR count). The first-order valence-corrected chi connectivity index (χ1v) is 11.6. The number of aliphatic hydroxyl groups is 1. The van der Waals surface area contributed by atoms with Crippen LogP contribution in [0.3, 0.4) is 0 Å². The highest BCUT2D eigenvalue weighted by Gasteiger charge is 2.71. The Kier molecular flexibility index (Phi) is 4.07. The number of carbonyl (C=O) groups excluding carboxylic acids is 2. The molecule has 0 heterocycles. The van der Waals surface area contributed by atoms with Gasteiger partial charge in [-0.1, -0.05) is 25.5 Å². The van der Waals surface area contributed by atoms with Crippen LogP contribution < -0.4 is 0 Å². The summed E-state index contributed by atoms with van der Waals surface area (Å²) in [5.41, 5.74) is 0.642. The van der Waals surface area contributed by atoms with Crippen molar-refractivity contribution >= 4 is 11.8 Å². The SMILES string of the molecule is CC(C)(C)C(=O)O[C@H]1CC[C@@]2(C)C(=C[C@H](O)[C@H]3C4[C@@H]5C[C@@H]5C(=O)[C@@]4(C)CC[C@@H]32)C1. The highest BCUT2D eigenvalue weighted by Crippen LogP contribution is 2.71. The fourth-order valence-electron chi connectivity index (χ4n) is 7.69. The molecule has 0 spiro atoms. The number of fused-ring (bicyclic) bond motifs is 7. The lowest BCUT2D eigenvalue weighted by Crippen LogP contribution is -2.56. The molecule has 4 fully saturated rings. The molecule has 5 aliphatic carbocycles. The van der Waals surface area contributed by atoms with Crippen molar-refractivity contribution in [2.24, 2.45) is 45.8 Å². The number of rotatable bonds is 1. The molecule has 1 N–H and O–H groups in total. The highest BCUT2D eigenvalue weighted by molar-refractivity contribution is 5.92. The van der Waals surface area contributed by atoms with Crippen LogP contribution >= 0.6 is 0 Å². The lowest BCUT2D eigenvalue weighted by Gasteiger charge is -2.58. The van der Waals surface area contributed by atoms with Crippen LogP contribution in [0.5, 0.6) is 0 Å². The summed E-state index contributed by atoms with van der Waals surface area (Å²) in [6.45, 7) is 10.2. The molecule has 0 aliphatic heterocycles. The molecule has 4 nitrogen and oxygen atoms in total. The maximum absolute atomic E-state index is 12.9. The number of hydrogen-bond donors (Lipinski definition) is 1. The van der Waals surface area contributed by atoms with Crippen LogP contribution in [-0.4, -0.2) is 29.1 Å². The topological polar surface area (TPSA) is 63.6 Å². The Morgan fingerprint density at radius 3 is 2.55 bits per heavy atom. The number of esters is 1. The minimum atomic E-state index is -0.490. The van der Waals surface area contributed by atoms with Gasteiger partial charge in [-0.2, -0.15) is 0 Å². The quantitative estimate of drug-likeness (QED) is 0.526. The Bertz CT molecular complexity index is 791. The van der Waals surface area contributed by atoms with Crippen LogP contribution in [0.2, 0.25) is 0 Å². The summed E-state index contributed by atoms with van der Waals surface area (Å²) < 4.78 is 5.84. The van der Waals surface area contributed by atoms with Gasteiger partial charge in [0.15, 0.2) is 0 Å². The molecule has 29 heavy (non-hydrogen) atoms. The average molecular weight is 401 g/mol. The minimum absolute atomic E-state index is 0.0614. The average Bonchev–Trinajstić information content (AvgIpc) is 3.37. The second-order valence-corrected chi connectivity index (χ2v) is 12.2. The van der Waals surface area contributed by atoms with Gasteiger partial charge in [-0.15, -0.1) is 0 Å². The molecule has 0 aromatic rings. The Morgan fingerprint density at radius 1 is 1.17 bits per heavy atom. The first-order chi connectivity index (χ1) is 13.5. The smallest absolute Gasteiger partial charge is 0.311 e. The minimum Gasteiger partial charge on any atom is -0.462 e. The number of ether oxygens (including phenoxy) is 1. The molecule has 4 saturated carbocycles. The molecule has 1 unspecified atom stereocenters. The summed E-state index contributed by atoms with van der Waals surface area (Å²) in [6, 6.07) is 0. The molecule has 0 bridgehead atoms. The maximum atomic E-state index is 12.9. The molecule has 160 valence electrons. The summed E-state index contributed by atoms with van der Waals surface area (Å²) in [7, 11) is 0. The van der Waals surface area contributed by atoms with E-state index in [1.54, 1.807) is 0 Å².